The highest BCUT2D eigenvalue weighted by molar-refractivity contribution is 6.30. The third-order valence-corrected chi connectivity index (χ3v) is 2.78. The van der Waals surface area contributed by atoms with E-state index in [-0.39, 0.29) is 18.4 Å². The lowest BCUT2D eigenvalue weighted by Gasteiger charge is -2.06. The van der Waals surface area contributed by atoms with E-state index >= 15 is 0 Å². The molecule has 7 heteroatoms. The first-order chi connectivity index (χ1) is 9.65. The molecule has 2 amide bonds. The van der Waals surface area contributed by atoms with E-state index in [2.05, 4.69) is 20.6 Å². The number of imidazole rings is 1. The summed E-state index contributed by atoms with van der Waals surface area (Å²) in [7, 11) is 0. The van der Waals surface area contributed by atoms with Gasteiger partial charge in [-0.15, -0.1) is 0 Å². The van der Waals surface area contributed by atoms with Gasteiger partial charge >= 0.3 is 0 Å². The van der Waals surface area contributed by atoms with Crippen LogP contribution in [0.15, 0.2) is 36.7 Å². The third-order valence-electron chi connectivity index (χ3n) is 2.52. The van der Waals surface area contributed by atoms with Gasteiger partial charge < -0.3 is 15.6 Å². The number of H-pyrrole nitrogens is 1. The lowest BCUT2D eigenvalue weighted by Crippen LogP contribution is -2.36. The van der Waals surface area contributed by atoms with Gasteiger partial charge in [0.2, 0.25) is 5.91 Å². The Bertz CT molecular complexity index is 581. The normalized spacial score (nSPS) is 10.1. The van der Waals surface area contributed by atoms with E-state index in [0.717, 1.165) is 0 Å². The van der Waals surface area contributed by atoms with Crippen LogP contribution in [0.25, 0.3) is 0 Å². The van der Waals surface area contributed by atoms with Gasteiger partial charge in [-0.05, 0) is 24.3 Å². The summed E-state index contributed by atoms with van der Waals surface area (Å²) in [6.07, 6.45) is 3.27. The molecule has 1 aromatic carbocycles. The second kappa shape index (κ2) is 6.72. The number of hydrogen-bond donors (Lipinski definition) is 3. The lowest BCUT2D eigenvalue weighted by atomic mass is 10.2. The van der Waals surface area contributed by atoms with Crippen LogP contribution in [0.4, 0.5) is 0 Å². The average Bonchev–Trinajstić information content (AvgIpc) is 2.96. The van der Waals surface area contributed by atoms with Gasteiger partial charge in [-0.25, -0.2) is 4.98 Å². The largest absolute Gasteiger partial charge is 0.347 e. The smallest absolute Gasteiger partial charge is 0.251 e. The molecule has 0 bridgehead atoms. The first-order valence-electron chi connectivity index (χ1n) is 5.94. The van der Waals surface area contributed by atoms with E-state index in [1.807, 2.05) is 0 Å². The van der Waals surface area contributed by atoms with Gasteiger partial charge in [0.25, 0.3) is 5.91 Å². The van der Waals surface area contributed by atoms with E-state index in [9.17, 15) is 9.59 Å². The van der Waals surface area contributed by atoms with Gasteiger partial charge in [0, 0.05) is 23.0 Å². The molecule has 0 fully saturated rings. The monoisotopic (exact) mass is 292 g/mol. The maximum Gasteiger partial charge on any atom is 0.251 e. The molecule has 0 aliphatic carbocycles. The fraction of sp³-hybridized carbons (Fsp3) is 0.154. The summed E-state index contributed by atoms with van der Waals surface area (Å²) in [4.78, 5) is 30.1. The Hall–Kier alpha value is -2.34. The van der Waals surface area contributed by atoms with Crippen molar-refractivity contribution in [2.45, 2.75) is 6.54 Å². The molecule has 0 aliphatic heterocycles. The van der Waals surface area contributed by atoms with Crippen LogP contribution < -0.4 is 10.6 Å². The molecule has 0 aliphatic rings. The summed E-state index contributed by atoms with van der Waals surface area (Å²) in [5.74, 6) is 0.0425. The zero-order chi connectivity index (χ0) is 14.4. The molecule has 0 spiro atoms. The zero-order valence-electron chi connectivity index (χ0n) is 10.5. The fourth-order valence-corrected chi connectivity index (χ4v) is 1.63. The Labute approximate surface area is 120 Å². The summed E-state index contributed by atoms with van der Waals surface area (Å²) in [6.45, 7) is 0.199. The summed E-state index contributed by atoms with van der Waals surface area (Å²) < 4.78 is 0. The van der Waals surface area contributed by atoms with Crippen molar-refractivity contribution >= 4 is 23.4 Å². The number of amides is 2. The molecule has 0 saturated carbocycles. The zero-order valence-corrected chi connectivity index (χ0v) is 11.3. The van der Waals surface area contributed by atoms with E-state index in [4.69, 9.17) is 11.6 Å². The molecule has 3 N–H and O–H groups in total. The van der Waals surface area contributed by atoms with Crippen LogP contribution in [0.3, 0.4) is 0 Å². The van der Waals surface area contributed by atoms with Crippen LogP contribution in [0.5, 0.6) is 0 Å². The second-order valence-electron chi connectivity index (χ2n) is 4.00. The fourth-order valence-electron chi connectivity index (χ4n) is 1.50. The van der Waals surface area contributed by atoms with Crippen molar-refractivity contribution in [2.75, 3.05) is 6.54 Å². The van der Waals surface area contributed by atoms with Crippen LogP contribution in [-0.4, -0.2) is 28.3 Å². The van der Waals surface area contributed by atoms with Crippen molar-refractivity contribution in [3.8, 4) is 0 Å². The van der Waals surface area contributed by atoms with E-state index in [0.29, 0.717) is 23.0 Å². The van der Waals surface area contributed by atoms with Crippen LogP contribution in [0.1, 0.15) is 16.2 Å². The molecule has 0 unspecified atom stereocenters. The molecule has 0 saturated heterocycles. The molecular weight excluding hydrogens is 280 g/mol. The van der Waals surface area contributed by atoms with Gasteiger partial charge in [0.05, 0.1) is 13.1 Å². The van der Waals surface area contributed by atoms with Crippen molar-refractivity contribution in [1.82, 2.24) is 20.6 Å². The molecule has 0 atom stereocenters. The number of rotatable bonds is 5. The minimum absolute atomic E-state index is 0.0951. The van der Waals surface area contributed by atoms with Crippen molar-refractivity contribution in [3.05, 3.63) is 53.1 Å². The van der Waals surface area contributed by atoms with E-state index in [1.54, 1.807) is 36.7 Å². The number of aromatic nitrogens is 2. The van der Waals surface area contributed by atoms with Crippen molar-refractivity contribution in [1.29, 1.82) is 0 Å². The Morgan fingerprint density at radius 2 is 1.95 bits per heavy atom. The molecule has 2 rings (SSSR count). The van der Waals surface area contributed by atoms with Crippen molar-refractivity contribution < 1.29 is 9.59 Å². The number of halogens is 1. The van der Waals surface area contributed by atoms with Gasteiger partial charge in [-0.3, -0.25) is 9.59 Å². The topological polar surface area (TPSA) is 86.9 Å². The average molecular weight is 293 g/mol. The van der Waals surface area contributed by atoms with E-state index < -0.39 is 0 Å². The Morgan fingerprint density at radius 3 is 2.60 bits per heavy atom. The van der Waals surface area contributed by atoms with Crippen LogP contribution in [0, 0.1) is 0 Å². The second-order valence-corrected chi connectivity index (χ2v) is 4.44. The highest BCUT2D eigenvalue weighted by Crippen LogP contribution is 2.09. The standard InChI is InChI=1S/C13H13ClN4O2/c14-10-3-1-9(2-4-10)13(20)18-8-12(19)17-7-11-15-5-6-16-11/h1-6H,7-8H2,(H,15,16)(H,17,19)(H,18,20). The molecule has 1 heterocycles. The number of nitrogens with one attached hydrogen (secondary N) is 3. The summed E-state index contributed by atoms with van der Waals surface area (Å²) in [6, 6.07) is 6.43. The van der Waals surface area contributed by atoms with Gasteiger partial charge in [-0.1, -0.05) is 11.6 Å². The summed E-state index contributed by atoms with van der Waals surface area (Å²) in [5, 5.41) is 5.71. The van der Waals surface area contributed by atoms with Gasteiger partial charge in [-0.2, -0.15) is 0 Å². The van der Waals surface area contributed by atoms with Crippen LogP contribution in [0.2, 0.25) is 5.02 Å². The first-order valence-corrected chi connectivity index (χ1v) is 6.31. The van der Waals surface area contributed by atoms with E-state index in [1.165, 1.54) is 0 Å². The SMILES string of the molecule is O=C(CNC(=O)c1ccc(Cl)cc1)NCc1ncc[nH]1. The summed E-state index contributed by atoms with van der Waals surface area (Å²) >= 11 is 5.73. The Kier molecular flexibility index (Phi) is 4.73. The maximum atomic E-state index is 11.7. The first kappa shape index (κ1) is 14.1. The minimum Gasteiger partial charge on any atom is -0.347 e. The molecule has 1 aromatic heterocycles. The van der Waals surface area contributed by atoms with Crippen molar-refractivity contribution in [2.24, 2.45) is 0 Å². The molecule has 0 radical (unpaired) electrons. The number of carbonyl (C=O) groups excluding carboxylic acids is 2. The lowest BCUT2D eigenvalue weighted by molar-refractivity contribution is -0.120. The highest BCUT2D eigenvalue weighted by Gasteiger charge is 2.08. The van der Waals surface area contributed by atoms with Gasteiger partial charge in [0.15, 0.2) is 0 Å². The molecule has 104 valence electrons. The summed E-state index contributed by atoms with van der Waals surface area (Å²) in [5.41, 5.74) is 0.452. The number of hydrogen-bond acceptors (Lipinski definition) is 3. The molecular formula is C13H13ClN4O2. The van der Waals surface area contributed by atoms with Crippen molar-refractivity contribution in [3.63, 3.8) is 0 Å². The number of nitrogens with zero attached hydrogens (tertiary/aromatic N) is 1. The molecule has 2 aromatic rings. The Balaban J connectivity index is 1.75. The minimum atomic E-state index is -0.324. The predicted molar refractivity (Wildman–Crippen MR) is 74.2 cm³/mol. The third kappa shape index (κ3) is 4.10. The molecule has 20 heavy (non-hydrogen) atoms. The quantitative estimate of drug-likeness (QED) is 0.771. The van der Waals surface area contributed by atoms with Crippen LogP contribution in [-0.2, 0) is 11.3 Å². The highest BCUT2D eigenvalue weighted by atomic mass is 35.5. The maximum absolute atomic E-state index is 11.7. The number of benzene rings is 1. The predicted octanol–water partition coefficient (Wildman–Crippen LogP) is 1.11. The number of aromatic amines is 1. The Morgan fingerprint density at radius 1 is 1.20 bits per heavy atom. The van der Waals surface area contributed by atoms with Crippen LogP contribution >= 0.6 is 11.6 Å². The molecule has 6 nitrogen and oxygen atoms in total. The van der Waals surface area contributed by atoms with Gasteiger partial charge in [0.1, 0.15) is 5.82 Å². The number of carbonyl (C=O) groups is 2.